The molecule has 5 nitrogen and oxygen atoms in total. The van der Waals surface area contributed by atoms with Crippen LogP contribution in [-0.4, -0.2) is 44.6 Å². The first kappa shape index (κ1) is 14.4. The fourth-order valence-electron chi connectivity index (χ4n) is 1.92. The minimum Gasteiger partial charge on any atom is -0.462 e. The molecule has 17 heavy (non-hydrogen) atoms. The molecule has 2 atom stereocenters. The van der Waals surface area contributed by atoms with E-state index in [1.54, 1.807) is 0 Å². The van der Waals surface area contributed by atoms with E-state index in [4.69, 9.17) is 4.74 Å². The van der Waals surface area contributed by atoms with Crippen LogP contribution in [0.25, 0.3) is 0 Å². The van der Waals surface area contributed by atoms with Gasteiger partial charge in [0.2, 0.25) is 0 Å². The van der Waals surface area contributed by atoms with E-state index in [0.717, 1.165) is 12.8 Å². The molecule has 2 unspecified atom stereocenters. The Hall–Kier alpha value is -0.620. The van der Waals surface area contributed by atoms with Gasteiger partial charge in [-0.3, -0.25) is 4.79 Å². The second-order valence-corrected chi connectivity index (χ2v) is 6.80. The van der Waals surface area contributed by atoms with Crippen molar-refractivity contribution in [2.75, 3.05) is 18.1 Å². The van der Waals surface area contributed by atoms with Crippen LogP contribution >= 0.6 is 0 Å². The zero-order valence-corrected chi connectivity index (χ0v) is 11.3. The fraction of sp³-hybridized carbons (Fsp3) is 0.909. The van der Waals surface area contributed by atoms with Crippen molar-refractivity contribution in [2.24, 2.45) is 0 Å². The third-order valence-electron chi connectivity index (χ3n) is 2.80. The number of carbonyl (C=O) groups excluding carboxylic acids is 1. The van der Waals surface area contributed by atoms with Crippen LogP contribution in [-0.2, 0) is 19.4 Å². The summed E-state index contributed by atoms with van der Waals surface area (Å²) in [4.78, 5) is 11.4. The lowest BCUT2D eigenvalue weighted by Crippen LogP contribution is -2.36. The molecule has 100 valence electrons. The lowest BCUT2D eigenvalue weighted by atomic mass is 10.2. The summed E-state index contributed by atoms with van der Waals surface area (Å²) in [6.45, 7) is 3.99. The number of sulfone groups is 1. The number of esters is 1. The first-order chi connectivity index (χ1) is 7.93. The smallest absolute Gasteiger partial charge is 0.320 e. The van der Waals surface area contributed by atoms with E-state index >= 15 is 0 Å². The van der Waals surface area contributed by atoms with E-state index in [9.17, 15) is 13.2 Å². The van der Waals surface area contributed by atoms with Crippen LogP contribution in [0.3, 0.4) is 0 Å². The second-order valence-electron chi connectivity index (χ2n) is 4.57. The van der Waals surface area contributed by atoms with Crippen molar-refractivity contribution < 1.29 is 17.9 Å². The molecule has 0 saturated carbocycles. The van der Waals surface area contributed by atoms with Gasteiger partial charge in [0.05, 0.1) is 24.2 Å². The molecule has 1 heterocycles. The minimum absolute atomic E-state index is 0.0680. The van der Waals surface area contributed by atoms with Gasteiger partial charge >= 0.3 is 5.97 Å². The van der Waals surface area contributed by atoms with Crippen LogP contribution < -0.4 is 5.32 Å². The molecule has 1 aliphatic heterocycles. The Balaban J connectivity index is 2.20. The highest BCUT2D eigenvalue weighted by Crippen LogP contribution is 2.11. The summed E-state index contributed by atoms with van der Waals surface area (Å²) in [6.07, 6.45) is 2.34. The number of hydrogen-bond donors (Lipinski definition) is 1. The predicted molar refractivity (Wildman–Crippen MR) is 65.5 cm³/mol. The van der Waals surface area contributed by atoms with Crippen molar-refractivity contribution in [3.05, 3.63) is 0 Å². The SMILES string of the molecule is CCCC(C)OC(=O)CNC1CCS(=O)(=O)C1. The maximum atomic E-state index is 11.4. The van der Waals surface area contributed by atoms with Crippen molar-refractivity contribution in [1.82, 2.24) is 5.32 Å². The molecule has 1 rings (SSSR count). The molecule has 6 heteroatoms. The van der Waals surface area contributed by atoms with E-state index in [1.807, 2.05) is 13.8 Å². The summed E-state index contributed by atoms with van der Waals surface area (Å²) in [7, 11) is -2.89. The van der Waals surface area contributed by atoms with E-state index in [1.165, 1.54) is 0 Å². The largest absolute Gasteiger partial charge is 0.462 e. The monoisotopic (exact) mass is 263 g/mol. The molecule has 1 saturated heterocycles. The van der Waals surface area contributed by atoms with Gasteiger partial charge in [-0.2, -0.15) is 0 Å². The van der Waals surface area contributed by atoms with Crippen molar-refractivity contribution in [1.29, 1.82) is 0 Å². The van der Waals surface area contributed by atoms with Gasteiger partial charge < -0.3 is 10.1 Å². The van der Waals surface area contributed by atoms with Gasteiger partial charge in [-0.05, 0) is 19.8 Å². The van der Waals surface area contributed by atoms with Gasteiger partial charge in [-0.1, -0.05) is 13.3 Å². The normalized spacial score (nSPS) is 24.5. The average molecular weight is 263 g/mol. The van der Waals surface area contributed by atoms with E-state index in [2.05, 4.69) is 5.32 Å². The number of ether oxygens (including phenoxy) is 1. The Morgan fingerprint density at radius 2 is 2.24 bits per heavy atom. The summed E-state index contributed by atoms with van der Waals surface area (Å²) >= 11 is 0. The van der Waals surface area contributed by atoms with Gasteiger partial charge in [-0.15, -0.1) is 0 Å². The molecule has 0 aromatic heterocycles. The van der Waals surface area contributed by atoms with E-state index < -0.39 is 9.84 Å². The summed E-state index contributed by atoms with van der Waals surface area (Å²) in [5.41, 5.74) is 0. The van der Waals surface area contributed by atoms with Gasteiger partial charge in [0, 0.05) is 6.04 Å². The highest BCUT2D eigenvalue weighted by molar-refractivity contribution is 7.91. The van der Waals surface area contributed by atoms with Crippen molar-refractivity contribution in [2.45, 2.75) is 45.3 Å². The quantitative estimate of drug-likeness (QED) is 0.706. The third kappa shape index (κ3) is 5.50. The molecular weight excluding hydrogens is 242 g/mol. The van der Waals surface area contributed by atoms with Crippen molar-refractivity contribution in [3.63, 3.8) is 0 Å². The maximum Gasteiger partial charge on any atom is 0.320 e. The standard InChI is InChI=1S/C11H21NO4S/c1-3-4-9(2)16-11(13)7-12-10-5-6-17(14,15)8-10/h9-10,12H,3-8H2,1-2H3. The van der Waals surface area contributed by atoms with E-state index in [0.29, 0.717) is 6.42 Å². The highest BCUT2D eigenvalue weighted by Gasteiger charge is 2.27. The number of rotatable bonds is 6. The summed E-state index contributed by atoms with van der Waals surface area (Å²) < 4.78 is 27.5. The Labute approximate surface area is 103 Å². The van der Waals surface area contributed by atoms with Crippen LogP contribution in [0.2, 0.25) is 0 Å². The average Bonchev–Trinajstić information content (AvgIpc) is 2.55. The van der Waals surface area contributed by atoms with Gasteiger partial charge in [0.25, 0.3) is 0 Å². The van der Waals surface area contributed by atoms with Crippen LogP contribution in [0.1, 0.15) is 33.1 Å². The zero-order valence-electron chi connectivity index (χ0n) is 10.4. The molecule has 0 radical (unpaired) electrons. The fourth-order valence-corrected chi connectivity index (χ4v) is 3.62. The topological polar surface area (TPSA) is 72.5 Å². The summed E-state index contributed by atoms with van der Waals surface area (Å²) in [6, 6.07) is -0.103. The van der Waals surface area contributed by atoms with Gasteiger partial charge in [0.1, 0.15) is 0 Å². The maximum absolute atomic E-state index is 11.4. The van der Waals surface area contributed by atoms with Gasteiger partial charge in [0.15, 0.2) is 9.84 Å². The number of carbonyl (C=O) groups is 1. The molecular formula is C11H21NO4S. The molecule has 1 N–H and O–H groups in total. The van der Waals surface area contributed by atoms with E-state index in [-0.39, 0.29) is 36.2 Å². The molecule has 0 spiro atoms. The first-order valence-corrected chi connectivity index (χ1v) is 7.88. The van der Waals surface area contributed by atoms with Crippen LogP contribution in [0.5, 0.6) is 0 Å². The predicted octanol–water partition coefficient (Wildman–Crippen LogP) is 0.495. The highest BCUT2D eigenvalue weighted by atomic mass is 32.2. The lowest BCUT2D eigenvalue weighted by molar-refractivity contribution is -0.147. The summed E-state index contributed by atoms with van der Waals surface area (Å²) in [5, 5.41) is 2.93. The lowest BCUT2D eigenvalue weighted by Gasteiger charge is -2.14. The Morgan fingerprint density at radius 1 is 1.53 bits per heavy atom. The Morgan fingerprint density at radius 3 is 2.76 bits per heavy atom. The third-order valence-corrected chi connectivity index (χ3v) is 4.56. The summed E-state index contributed by atoms with van der Waals surface area (Å²) in [5.74, 6) is 0.0340. The molecule has 0 aromatic rings. The van der Waals surface area contributed by atoms with Crippen LogP contribution in [0.4, 0.5) is 0 Å². The molecule has 0 aromatic carbocycles. The zero-order chi connectivity index (χ0) is 12.9. The minimum atomic E-state index is -2.89. The van der Waals surface area contributed by atoms with Crippen LogP contribution in [0, 0.1) is 0 Å². The first-order valence-electron chi connectivity index (χ1n) is 6.06. The van der Waals surface area contributed by atoms with Crippen LogP contribution in [0.15, 0.2) is 0 Å². The molecule has 0 aliphatic carbocycles. The molecule has 1 fully saturated rings. The van der Waals surface area contributed by atoms with Crippen molar-refractivity contribution in [3.8, 4) is 0 Å². The van der Waals surface area contributed by atoms with Gasteiger partial charge in [-0.25, -0.2) is 8.42 Å². The Kier molecular flexibility index (Phi) is 5.39. The molecule has 0 amide bonds. The number of nitrogens with one attached hydrogen (secondary N) is 1. The second kappa shape index (κ2) is 6.35. The Bertz CT molecular complexity index is 352. The molecule has 1 aliphatic rings. The van der Waals surface area contributed by atoms with Crippen molar-refractivity contribution >= 4 is 15.8 Å². The number of hydrogen-bond acceptors (Lipinski definition) is 5. The molecule has 0 bridgehead atoms.